The third-order valence-electron chi connectivity index (χ3n) is 1.07. The summed E-state index contributed by atoms with van der Waals surface area (Å²) in [5, 5.41) is 0. The van der Waals surface area contributed by atoms with Gasteiger partial charge in [-0.25, -0.2) is 0 Å². The zero-order valence-corrected chi connectivity index (χ0v) is 7.36. The lowest BCUT2D eigenvalue weighted by Crippen LogP contribution is -2.17. The van der Waals surface area contributed by atoms with Crippen molar-refractivity contribution < 1.29 is 9.47 Å². The second-order valence-electron chi connectivity index (χ2n) is 1.85. The number of rotatable bonds is 6. The first-order chi connectivity index (χ1) is 4.85. The summed E-state index contributed by atoms with van der Waals surface area (Å²) in [6, 6.07) is 0. The lowest BCUT2D eigenvalue weighted by molar-refractivity contribution is -0.136. The van der Waals surface area contributed by atoms with E-state index in [1.165, 1.54) is 0 Å². The molecule has 0 spiro atoms. The topological polar surface area (TPSA) is 18.5 Å². The standard InChI is InChI=1S/C7H15ClO2/c1-3-7(9-4-2)10-6-5-8/h7H,3-6H2,1-2H3. The van der Waals surface area contributed by atoms with Crippen LogP contribution >= 0.6 is 11.6 Å². The van der Waals surface area contributed by atoms with Gasteiger partial charge in [-0.15, -0.1) is 11.6 Å². The fraction of sp³-hybridized carbons (Fsp3) is 1.00. The molecule has 0 saturated carbocycles. The largest absolute Gasteiger partial charge is 0.353 e. The minimum absolute atomic E-state index is 0.0660. The van der Waals surface area contributed by atoms with Crippen LogP contribution in [0.1, 0.15) is 20.3 Å². The third kappa shape index (κ3) is 5.03. The Kier molecular flexibility index (Phi) is 7.47. The summed E-state index contributed by atoms with van der Waals surface area (Å²) >= 11 is 5.42. The van der Waals surface area contributed by atoms with Crippen LogP contribution in [0.3, 0.4) is 0 Å². The zero-order valence-electron chi connectivity index (χ0n) is 6.60. The van der Waals surface area contributed by atoms with E-state index in [1.807, 2.05) is 13.8 Å². The van der Waals surface area contributed by atoms with Gasteiger partial charge in [-0.2, -0.15) is 0 Å². The quantitative estimate of drug-likeness (QED) is 0.444. The van der Waals surface area contributed by atoms with Gasteiger partial charge in [0, 0.05) is 12.5 Å². The van der Waals surface area contributed by atoms with Crippen LogP contribution in [0.2, 0.25) is 0 Å². The molecule has 2 nitrogen and oxygen atoms in total. The average molecular weight is 167 g/mol. The van der Waals surface area contributed by atoms with Crippen molar-refractivity contribution in [1.29, 1.82) is 0 Å². The molecule has 1 atom stereocenters. The molecule has 0 radical (unpaired) electrons. The molecule has 0 fully saturated rings. The maximum absolute atomic E-state index is 5.42. The van der Waals surface area contributed by atoms with Gasteiger partial charge in [0.15, 0.2) is 6.29 Å². The Balaban J connectivity index is 3.21. The van der Waals surface area contributed by atoms with Crippen LogP contribution in [-0.2, 0) is 9.47 Å². The highest BCUT2D eigenvalue weighted by Crippen LogP contribution is 1.99. The van der Waals surface area contributed by atoms with Crippen LogP contribution < -0.4 is 0 Å². The van der Waals surface area contributed by atoms with Crippen molar-refractivity contribution >= 4 is 11.6 Å². The van der Waals surface area contributed by atoms with Gasteiger partial charge in [-0.3, -0.25) is 0 Å². The van der Waals surface area contributed by atoms with Gasteiger partial charge in [-0.05, 0) is 13.3 Å². The number of alkyl halides is 1. The van der Waals surface area contributed by atoms with E-state index in [2.05, 4.69) is 0 Å². The summed E-state index contributed by atoms with van der Waals surface area (Å²) in [7, 11) is 0. The van der Waals surface area contributed by atoms with E-state index in [0.717, 1.165) is 6.42 Å². The molecule has 0 saturated heterocycles. The zero-order chi connectivity index (χ0) is 7.82. The van der Waals surface area contributed by atoms with Crippen molar-refractivity contribution in [3.8, 4) is 0 Å². The van der Waals surface area contributed by atoms with Crippen molar-refractivity contribution in [1.82, 2.24) is 0 Å². The molecule has 0 aromatic heterocycles. The normalized spacial score (nSPS) is 13.5. The summed E-state index contributed by atoms with van der Waals surface area (Å²) in [5.41, 5.74) is 0. The Morgan fingerprint density at radius 3 is 2.40 bits per heavy atom. The second kappa shape index (κ2) is 7.32. The average Bonchev–Trinajstić information content (AvgIpc) is 1.98. The molecule has 1 unspecified atom stereocenters. The third-order valence-corrected chi connectivity index (χ3v) is 1.22. The molecule has 0 amide bonds. The van der Waals surface area contributed by atoms with E-state index in [4.69, 9.17) is 21.1 Å². The smallest absolute Gasteiger partial charge is 0.157 e. The van der Waals surface area contributed by atoms with Crippen molar-refractivity contribution in [2.75, 3.05) is 19.1 Å². The predicted molar refractivity (Wildman–Crippen MR) is 42.4 cm³/mol. The Morgan fingerprint density at radius 1 is 1.30 bits per heavy atom. The van der Waals surface area contributed by atoms with Crippen molar-refractivity contribution in [2.45, 2.75) is 26.6 Å². The molecule has 0 N–H and O–H groups in total. The maximum atomic E-state index is 5.42. The number of ether oxygens (including phenoxy) is 2. The first-order valence-electron chi connectivity index (χ1n) is 3.64. The highest BCUT2D eigenvalue weighted by atomic mass is 35.5. The molecule has 0 bridgehead atoms. The van der Waals surface area contributed by atoms with Crippen LogP contribution in [0.25, 0.3) is 0 Å². The minimum Gasteiger partial charge on any atom is -0.353 e. The molecule has 0 aliphatic heterocycles. The van der Waals surface area contributed by atoms with Crippen LogP contribution in [0.15, 0.2) is 0 Å². The first kappa shape index (κ1) is 10.2. The van der Waals surface area contributed by atoms with E-state index in [-0.39, 0.29) is 6.29 Å². The molecule has 0 aromatic rings. The molecule has 0 aromatic carbocycles. The lowest BCUT2D eigenvalue weighted by atomic mass is 10.5. The first-order valence-corrected chi connectivity index (χ1v) is 4.17. The van der Waals surface area contributed by atoms with Gasteiger partial charge in [0.2, 0.25) is 0 Å². The van der Waals surface area contributed by atoms with Gasteiger partial charge in [0.05, 0.1) is 6.61 Å². The van der Waals surface area contributed by atoms with E-state index in [0.29, 0.717) is 19.1 Å². The van der Waals surface area contributed by atoms with Crippen LogP contribution in [0.4, 0.5) is 0 Å². The van der Waals surface area contributed by atoms with Crippen LogP contribution in [-0.4, -0.2) is 25.4 Å². The highest BCUT2D eigenvalue weighted by Gasteiger charge is 2.02. The van der Waals surface area contributed by atoms with Crippen LogP contribution in [0.5, 0.6) is 0 Å². The Morgan fingerprint density at radius 2 is 2.00 bits per heavy atom. The molecule has 3 heteroatoms. The van der Waals surface area contributed by atoms with E-state index < -0.39 is 0 Å². The molecule has 0 heterocycles. The van der Waals surface area contributed by atoms with E-state index in [1.54, 1.807) is 0 Å². The number of halogens is 1. The van der Waals surface area contributed by atoms with Crippen molar-refractivity contribution in [3.05, 3.63) is 0 Å². The summed E-state index contributed by atoms with van der Waals surface area (Å²) in [5.74, 6) is 0.531. The maximum Gasteiger partial charge on any atom is 0.157 e. The predicted octanol–water partition coefficient (Wildman–Crippen LogP) is 2.01. The Hall–Kier alpha value is 0.210. The number of hydrogen-bond acceptors (Lipinski definition) is 2. The summed E-state index contributed by atoms with van der Waals surface area (Å²) in [6.07, 6.45) is 0.814. The Labute approximate surface area is 67.5 Å². The molecule has 0 aliphatic carbocycles. The van der Waals surface area contributed by atoms with Gasteiger partial charge in [0.1, 0.15) is 0 Å². The fourth-order valence-electron chi connectivity index (χ4n) is 0.646. The summed E-state index contributed by atoms with van der Waals surface area (Å²) in [6.45, 7) is 5.24. The molecule has 0 rings (SSSR count). The van der Waals surface area contributed by atoms with Crippen molar-refractivity contribution in [3.63, 3.8) is 0 Å². The Bertz CT molecular complexity index is 68.6. The van der Waals surface area contributed by atoms with E-state index >= 15 is 0 Å². The van der Waals surface area contributed by atoms with Gasteiger partial charge in [-0.1, -0.05) is 6.92 Å². The molecule has 10 heavy (non-hydrogen) atoms. The molecular weight excluding hydrogens is 152 g/mol. The molecule has 0 aliphatic rings. The summed E-state index contributed by atoms with van der Waals surface area (Å²) in [4.78, 5) is 0. The van der Waals surface area contributed by atoms with Gasteiger partial charge in [0.25, 0.3) is 0 Å². The monoisotopic (exact) mass is 166 g/mol. The second-order valence-corrected chi connectivity index (χ2v) is 2.23. The minimum atomic E-state index is -0.0660. The van der Waals surface area contributed by atoms with Crippen molar-refractivity contribution in [2.24, 2.45) is 0 Å². The SMILES string of the molecule is CCOC(CC)OCCCl. The number of hydrogen-bond donors (Lipinski definition) is 0. The molecular formula is C7H15ClO2. The van der Waals surface area contributed by atoms with Gasteiger partial charge < -0.3 is 9.47 Å². The summed E-state index contributed by atoms with van der Waals surface area (Å²) < 4.78 is 10.4. The lowest BCUT2D eigenvalue weighted by Gasteiger charge is -2.14. The molecule has 62 valence electrons. The fourth-order valence-corrected chi connectivity index (χ4v) is 0.735. The van der Waals surface area contributed by atoms with Gasteiger partial charge >= 0.3 is 0 Å². The highest BCUT2D eigenvalue weighted by molar-refractivity contribution is 6.17. The van der Waals surface area contributed by atoms with E-state index in [9.17, 15) is 0 Å². The van der Waals surface area contributed by atoms with Crippen LogP contribution in [0, 0.1) is 0 Å².